The summed E-state index contributed by atoms with van der Waals surface area (Å²) in [7, 11) is 0. The molecule has 0 aromatic carbocycles. The molecule has 0 saturated carbocycles. The molecule has 0 bridgehead atoms. The van der Waals surface area contributed by atoms with Crippen molar-refractivity contribution in [2.24, 2.45) is 0 Å². The lowest BCUT2D eigenvalue weighted by Gasteiger charge is -2.34. The van der Waals surface area contributed by atoms with E-state index in [-0.39, 0.29) is 18.7 Å². The van der Waals surface area contributed by atoms with Crippen LogP contribution in [0.4, 0.5) is 4.79 Å². The fourth-order valence-electron chi connectivity index (χ4n) is 1.70. The van der Waals surface area contributed by atoms with Crippen LogP contribution in [0.1, 0.15) is 6.42 Å². The van der Waals surface area contributed by atoms with Crippen molar-refractivity contribution in [3.05, 3.63) is 0 Å². The number of rotatable bonds is 0. The van der Waals surface area contributed by atoms with Gasteiger partial charge in [0, 0.05) is 6.54 Å². The van der Waals surface area contributed by atoms with Gasteiger partial charge >= 0.3 is 6.09 Å². The van der Waals surface area contributed by atoms with Gasteiger partial charge in [0.05, 0.1) is 12.1 Å². The van der Waals surface area contributed by atoms with Crippen molar-refractivity contribution in [1.82, 2.24) is 4.90 Å². The summed E-state index contributed by atoms with van der Waals surface area (Å²) < 4.78 is 4.73. The second kappa shape index (κ2) is 2.60. The number of cyclic esters (lactones) is 1. The highest BCUT2D eigenvalue weighted by Crippen LogP contribution is 2.23. The topological polar surface area (TPSA) is 70.0 Å². The lowest BCUT2D eigenvalue weighted by atomic mass is 9.98. The van der Waals surface area contributed by atoms with Crippen LogP contribution in [0.5, 0.6) is 0 Å². The average Bonchev–Trinajstić information content (AvgIpc) is 2.41. The zero-order chi connectivity index (χ0) is 8.72. The summed E-state index contributed by atoms with van der Waals surface area (Å²) in [5.41, 5.74) is 0. The van der Waals surface area contributed by atoms with Crippen LogP contribution in [-0.2, 0) is 4.74 Å². The monoisotopic (exact) mass is 173 g/mol. The first-order valence-corrected chi connectivity index (χ1v) is 3.99. The number of aliphatic hydroxyl groups is 2. The maximum Gasteiger partial charge on any atom is 0.410 e. The lowest BCUT2D eigenvalue weighted by molar-refractivity contribution is -0.0523. The van der Waals surface area contributed by atoms with E-state index in [1.807, 2.05) is 0 Å². The van der Waals surface area contributed by atoms with E-state index in [0.717, 1.165) is 0 Å². The maximum absolute atomic E-state index is 11.0. The third-order valence-corrected chi connectivity index (χ3v) is 2.47. The summed E-state index contributed by atoms with van der Waals surface area (Å²) in [6.07, 6.45) is -1.54. The van der Waals surface area contributed by atoms with E-state index in [4.69, 9.17) is 4.74 Å². The summed E-state index contributed by atoms with van der Waals surface area (Å²) in [4.78, 5) is 12.4. The second-order valence-electron chi connectivity index (χ2n) is 3.18. The first-order chi connectivity index (χ1) is 5.70. The Morgan fingerprint density at radius 3 is 3.00 bits per heavy atom. The first-order valence-electron chi connectivity index (χ1n) is 3.99. The van der Waals surface area contributed by atoms with Gasteiger partial charge in [-0.1, -0.05) is 0 Å². The highest BCUT2D eigenvalue weighted by Gasteiger charge is 2.43. The third kappa shape index (κ3) is 0.971. The summed E-state index contributed by atoms with van der Waals surface area (Å²) in [5.74, 6) is 0. The number of nitrogens with zero attached hydrogens (tertiary/aromatic N) is 1. The fraction of sp³-hybridized carbons (Fsp3) is 0.857. The van der Waals surface area contributed by atoms with Gasteiger partial charge < -0.3 is 14.9 Å². The van der Waals surface area contributed by atoms with Crippen LogP contribution in [0.2, 0.25) is 0 Å². The van der Waals surface area contributed by atoms with Gasteiger partial charge in [-0.15, -0.1) is 0 Å². The Kier molecular flexibility index (Phi) is 1.69. The Morgan fingerprint density at radius 1 is 1.50 bits per heavy atom. The largest absolute Gasteiger partial charge is 0.447 e. The van der Waals surface area contributed by atoms with Crippen molar-refractivity contribution in [1.29, 1.82) is 0 Å². The molecule has 2 heterocycles. The normalized spacial score (nSPS) is 41.0. The molecular formula is C7H11NO4. The average molecular weight is 173 g/mol. The van der Waals surface area contributed by atoms with Crippen LogP contribution in [0.15, 0.2) is 0 Å². The molecule has 0 aromatic rings. The second-order valence-corrected chi connectivity index (χ2v) is 3.18. The molecule has 2 N–H and O–H groups in total. The minimum Gasteiger partial charge on any atom is -0.447 e. The molecule has 2 fully saturated rings. The van der Waals surface area contributed by atoms with E-state index in [1.165, 1.54) is 4.90 Å². The Balaban J connectivity index is 2.14. The molecule has 1 amide bonds. The summed E-state index contributed by atoms with van der Waals surface area (Å²) in [5, 5.41) is 18.7. The van der Waals surface area contributed by atoms with Gasteiger partial charge in [-0.25, -0.2) is 4.79 Å². The first kappa shape index (κ1) is 7.82. The highest BCUT2D eigenvalue weighted by atomic mass is 16.6. The minimum atomic E-state index is -0.856. The molecular weight excluding hydrogens is 162 g/mol. The van der Waals surface area contributed by atoms with E-state index in [9.17, 15) is 15.0 Å². The molecule has 2 aliphatic heterocycles. The molecule has 3 atom stereocenters. The van der Waals surface area contributed by atoms with E-state index >= 15 is 0 Å². The van der Waals surface area contributed by atoms with E-state index in [2.05, 4.69) is 0 Å². The zero-order valence-corrected chi connectivity index (χ0v) is 6.51. The number of carbonyl (C=O) groups is 1. The molecule has 2 aliphatic rings. The number of amides is 1. The zero-order valence-electron chi connectivity index (χ0n) is 6.51. The number of hydrogen-bond donors (Lipinski definition) is 2. The number of hydrogen-bond acceptors (Lipinski definition) is 4. The van der Waals surface area contributed by atoms with Crippen LogP contribution < -0.4 is 0 Å². The predicted molar refractivity (Wildman–Crippen MR) is 38.5 cm³/mol. The van der Waals surface area contributed by atoms with Gasteiger partial charge in [0.2, 0.25) is 0 Å². The molecule has 0 aliphatic carbocycles. The smallest absolute Gasteiger partial charge is 0.410 e. The quantitative estimate of drug-likeness (QED) is 0.489. The fourth-order valence-corrected chi connectivity index (χ4v) is 1.70. The summed E-state index contributed by atoms with van der Waals surface area (Å²) in [6, 6.07) is -0.346. The summed E-state index contributed by atoms with van der Waals surface area (Å²) >= 11 is 0. The van der Waals surface area contributed by atoms with E-state index in [1.54, 1.807) is 0 Å². The lowest BCUT2D eigenvalue weighted by Crippen LogP contribution is -2.53. The Labute approximate surface area is 69.5 Å². The van der Waals surface area contributed by atoms with Crippen molar-refractivity contribution in [3.63, 3.8) is 0 Å². The van der Waals surface area contributed by atoms with E-state index < -0.39 is 12.2 Å². The molecule has 0 unspecified atom stereocenters. The van der Waals surface area contributed by atoms with Gasteiger partial charge in [-0.05, 0) is 6.42 Å². The molecule has 2 saturated heterocycles. The van der Waals surface area contributed by atoms with Crippen molar-refractivity contribution in [3.8, 4) is 0 Å². The number of piperidine rings is 1. The molecule has 5 nitrogen and oxygen atoms in total. The van der Waals surface area contributed by atoms with Gasteiger partial charge in [0.15, 0.2) is 0 Å². The highest BCUT2D eigenvalue weighted by molar-refractivity contribution is 5.70. The van der Waals surface area contributed by atoms with Crippen LogP contribution >= 0.6 is 0 Å². The van der Waals surface area contributed by atoms with Crippen molar-refractivity contribution in [2.45, 2.75) is 24.7 Å². The van der Waals surface area contributed by atoms with Crippen LogP contribution in [0.3, 0.4) is 0 Å². The van der Waals surface area contributed by atoms with Crippen LogP contribution in [0, 0.1) is 0 Å². The minimum absolute atomic E-state index is 0.192. The number of aliphatic hydroxyl groups excluding tert-OH is 2. The van der Waals surface area contributed by atoms with Gasteiger partial charge in [0.1, 0.15) is 12.7 Å². The van der Waals surface area contributed by atoms with E-state index in [0.29, 0.717) is 13.0 Å². The van der Waals surface area contributed by atoms with Gasteiger partial charge in [-0.3, -0.25) is 4.90 Å². The SMILES string of the molecule is O=C1OC[C@@H]2[C@@H](O)[C@H](O)CCN12. The van der Waals surface area contributed by atoms with Crippen molar-refractivity contribution in [2.75, 3.05) is 13.2 Å². The van der Waals surface area contributed by atoms with Crippen LogP contribution in [-0.4, -0.2) is 52.6 Å². The van der Waals surface area contributed by atoms with Gasteiger partial charge in [-0.2, -0.15) is 0 Å². The Bertz CT molecular complexity index is 208. The Morgan fingerprint density at radius 2 is 2.25 bits per heavy atom. The molecule has 0 radical (unpaired) electrons. The number of carbonyl (C=O) groups excluding carboxylic acids is 1. The van der Waals surface area contributed by atoms with Gasteiger partial charge in [0.25, 0.3) is 0 Å². The standard InChI is InChI=1S/C7H11NO4/c9-5-1-2-8-4(6(5)10)3-12-7(8)11/h4-6,9-10H,1-3H2/t4-,5-,6-/m1/s1. The molecule has 5 heteroatoms. The van der Waals surface area contributed by atoms with Crippen LogP contribution in [0.25, 0.3) is 0 Å². The molecule has 2 rings (SSSR count). The summed E-state index contributed by atoms with van der Waals surface area (Å²) in [6.45, 7) is 0.665. The molecule has 0 spiro atoms. The Hall–Kier alpha value is -0.810. The third-order valence-electron chi connectivity index (χ3n) is 2.47. The number of fused-ring (bicyclic) bond motifs is 1. The van der Waals surface area contributed by atoms with Crippen molar-refractivity contribution >= 4 is 6.09 Å². The predicted octanol–water partition coefficient (Wildman–Crippen LogP) is -1.07. The molecule has 12 heavy (non-hydrogen) atoms. The molecule has 68 valence electrons. The number of ether oxygens (including phenoxy) is 1. The molecule has 0 aromatic heterocycles. The van der Waals surface area contributed by atoms with Crippen molar-refractivity contribution < 1.29 is 19.7 Å². The maximum atomic E-state index is 11.0.